The highest BCUT2D eigenvalue weighted by atomic mass is 16.6. The minimum Gasteiger partial charge on any atom is -0.458 e. The molecule has 0 saturated heterocycles. The normalized spacial score (nSPS) is 11.3. The summed E-state index contributed by atoms with van der Waals surface area (Å²) < 4.78 is 10.8. The SMILES string of the molecule is CCCCNC(=O)CN(C)C(=O)O[C@@H](Cc1ccccc1)C(=O)OCc1ccccc1. The zero-order valence-electron chi connectivity index (χ0n) is 18.1. The van der Waals surface area contributed by atoms with E-state index in [1.165, 1.54) is 7.05 Å². The fraction of sp³-hybridized carbons (Fsp3) is 0.375. The van der Waals surface area contributed by atoms with E-state index >= 15 is 0 Å². The highest BCUT2D eigenvalue weighted by molar-refractivity contribution is 5.83. The van der Waals surface area contributed by atoms with Crippen molar-refractivity contribution in [2.24, 2.45) is 0 Å². The Kier molecular flexibility index (Phi) is 10.1. The van der Waals surface area contributed by atoms with Crippen LogP contribution in [-0.2, 0) is 32.1 Å². The molecule has 31 heavy (non-hydrogen) atoms. The molecular formula is C24H30N2O5. The van der Waals surface area contributed by atoms with Crippen molar-refractivity contribution in [1.29, 1.82) is 0 Å². The van der Waals surface area contributed by atoms with Gasteiger partial charge in [-0.15, -0.1) is 0 Å². The molecule has 1 atom stereocenters. The molecule has 2 rings (SSSR count). The van der Waals surface area contributed by atoms with E-state index in [0.717, 1.165) is 28.9 Å². The number of rotatable bonds is 11. The number of nitrogens with zero attached hydrogens (tertiary/aromatic N) is 1. The second-order valence-electron chi connectivity index (χ2n) is 7.22. The van der Waals surface area contributed by atoms with Crippen molar-refractivity contribution in [3.63, 3.8) is 0 Å². The molecule has 166 valence electrons. The fourth-order valence-electron chi connectivity index (χ4n) is 2.78. The van der Waals surface area contributed by atoms with Gasteiger partial charge in [0.05, 0.1) is 0 Å². The molecule has 2 aromatic carbocycles. The Balaban J connectivity index is 1.97. The zero-order chi connectivity index (χ0) is 22.5. The molecule has 0 fully saturated rings. The van der Waals surface area contributed by atoms with Crippen LogP contribution in [0.5, 0.6) is 0 Å². The van der Waals surface area contributed by atoms with Crippen LogP contribution in [0.3, 0.4) is 0 Å². The smallest absolute Gasteiger partial charge is 0.410 e. The van der Waals surface area contributed by atoms with Crippen LogP contribution in [0.4, 0.5) is 4.79 Å². The van der Waals surface area contributed by atoms with Crippen LogP contribution in [0.2, 0.25) is 0 Å². The number of hydrogen-bond donors (Lipinski definition) is 1. The zero-order valence-corrected chi connectivity index (χ0v) is 18.1. The Morgan fingerprint density at radius 3 is 2.19 bits per heavy atom. The molecule has 0 aliphatic heterocycles. The molecule has 0 heterocycles. The van der Waals surface area contributed by atoms with Gasteiger partial charge in [0.15, 0.2) is 0 Å². The van der Waals surface area contributed by atoms with E-state index in [1.54, 1.807) is 0 Å². The van der Waals surface area contributed by atoms with Crippen LogP contribution < -0.4 is 5.32 Å². The van der Waals surface area contributed by atoms with E-state index in [-0.39, 0.29) is 25.5 Å². The average Bonchev–Trinajstić information content (AvgIpc) is 2.78. The lowest BCUT2D eigenvalue weighted by atomic mass is 10.1. The topological polar surface area (TPSA) is 84.9 Å². The molecule has 0 unspecified atom stereocenters. The van der Waals surface area contributed by atoms with Crippen molar-refractivity contribution in [3.8, 4) is 0 Å². The summed E-state index contributed by atoms with van der Waals surface area (Å²) in [6, 6.07) is 18.5. The monoisotopic (exact) mass is 426 g/mol. The molecule has 0 aliphatic rings. The maximum atomic E-state index is 12.7. The van der Waals surface area contributed by atoms with Crippen LogP contribution in [0, 0.1) is 0 Å². The predicted molar refractivity (Wildman–Crippen MR) is 117 cm³/mol. The Hall–Kier alpha value is -3.35. The molecule has 2 aromatic rings. The molecule has 7 heteroatoms. The summed E-state index contributed by atoms with van der Waals surface area (Å²) >= 11 is 0. The van der Waals surface area contributed by atoms with E-state index in [0.29, 0.717) is 6.54 Å². The molecule has 0 aromatic heterocycles. The Morgan fingerprint density at radius 2 is 1.58 bits per heavy atom. The van der Waals surface area contributed by atoms with Crippen LogP contribution in [0.25, 0.3) is 0 Å². The summed E-state index contributed by atoms with van der Waals surface area (Å²) in [6.07, 6.45) is 0.125. The fourth-order valence-corrected chi connectivity index (χ4v) is 2.78. The first kappa shape index (κ1) is 23.9. The van der Waals surface area contributed by atoms with Gasteiger partial charge in [-0.3, -0.25) is 4.79 Å². The maximum Gasteiger partial charge on any atom is 0.410 e. The van der Waals surface area contributed by atoms with Gasteiger partial charge in [-0.05, 0) is 17.5 Å². The second kappa shape index (κ2) is 13.1. The van der Waals surface area contributed by atoms with Gasteiger partial charge in [0.1, 0.15) is 13.2 Å². The molecule has 7 nitrogen and oxygen atoms in total. The number of unbranched alkanes of at least 4 members (excludes halogenated alkanes) is 1. The number of carbonyl (C=O) groups is 3. The van der Waals surface area contributed by atoms with E-state index < -0.39 is 18.2 Å². The summed E-state index contributed by atoms with van der Waals surface area (Å²) in [7, 11) is 1.45. The Bertz CT molecular complexity index is 826. The summed E-state index contributed by atoms with van der Waals surface area (Å²) in [5.74, 6) is -0.916. The highest BCUT2D eigenvalue weighted by Gasteiger charge is 2.27. The van der Waals surface area contributed by atoms with Gasteiger partial charge in [0.25, 0.3) is 0 Å². The maximum absolute atomic E-state index is 12.7. The first-order chi connectivity index (χ1) is 15.0. The molecule has 0 radical (unpaired) electrons. The van der Waals surface area contributed by atoms with E-state index in [9.17, 15) is 14.4 Å². The van der Waals surface area contributed by atoms with Crippen molar-refractivity contribution in [2.75, 3.05) is 20.1 Å². The minimum absolute atomic E-state index is 0.0815. The van der Waals surface area contributed by atoms with Gasteiger partial charge in [-0.2, -0.15) is 0 Å². The van der Waals surface area contributed by atoms with Crippen LogP contribution in [-0.4, -0.2) is 49.1 Å². The highest BCUT2D eigenvalue weighted by Crippen LogP contribution is 2.11. The lowest BCUT2D eigenvalue weighted by Crippen LogP contribution is -2.42. The quantitative estimate of drug-likeness (QED) is 0.440. The van der Waals surface area contributed by atoms with Gasteiger partial charge in [-0.25, -0.2) is 9.59 Å². The molecule has 1 N–H and O–H groups in total. The molecule has 0 aliphatic carbocycles. The van der Waals surface area contributed by atoms with E-state index in [2.05, 4.69) is 5.32 Å². The third-order valence-electron chi connectivity index (χ3n) is 4.54. The average molecular weight is 427 g/mol. The van der Waals surface area contributed by atoms with Gasteiger partial charge in [0, 0.05) is 20.0 Å². The van der Waals surface area contributed by atoms with Crippen molar-refractivity contribution in [1.82, 2.24) is 10.2 Å². The predicted octanol–water partition coefficient (Wildman–Crippen LogP) is 3.33. The Morgan fingerprint density at radius 1 is 0.968 bits per heavy atom. The molecule has 0 saturated carbocycles. The standard InChI is InChI=1S/C24H30N2O5/c1-3-4-15-25-22(27)17-26(2)24(29)31-21(16-19-11-7-5-8-12-19)23(28)30-18-20-13-9-6-10-14-20/h5-14,21H,3-4,15-18H2,1-2H3,(H,25,27)/t21-/m0/s1. The molecule has 0 bridgehead atoms. The minimum atomic E-state index is -1.12. The third-order valence-corrected chi connectivity index (χ3v) is 4.54. The first-order valence-corrected chi connectivity index (χ1v) is 10.4. The summed E-state index contributed by atoms with van der Waals surface area (Å²) in [5.41, 5.74) is 1.67. The van der Waals surface area contributed by atoms with Crippen molar-refractivity contribution in [3.05, 3.63) is 71.8 Å². The molecule has 2 amide bonds. The van der Waals surface area contributed by atoms with Gasteiger partial charge in [0.2, 0.25) is 12.0 Å². The second-order valence-corrected chi connectivity index (χ2v) is 7.22. The van der Waals surface area contributed by atoms with Crippen molar-refractivity contribution in [2.45, 2.75) is 38.9 Å². The number of likely N-dealkylation sites (N-methyl/N-ethyl adjacent to an activating group) is 1. The van der Waals surface area contributed by atoms with Crippen LogP contribution in [0.1, 0.15) is 30.9 Å². The third kappa shape index (κ3) is 8.90. The van der Waals surface area contributed by atoms with Gasteiger partial charge >= 0.3 is 12.1 Å². The lowest BCUT2D eigenvalue weighted by molar-refractivity contribution is -0.155. The number of amides is 2. The summed E-state index contributed by atoms with van der Waals surface area (Å²) in [4.78, 5) is 38.3. The Labute approximate surface area is 183 Å². The van der Waals surface area contributed by atoms with Crippen molar-refractivity contribution >= 4 is 18.0 Å². The molecule has 0 spiro atoms. The van der Waals surface area contributed by atoms with Gasteiger partial charge in [-0.1, -0.05) is 74.0 Å². The number of nitrogens with one attached hydrogen (secondary N) is 1. The number of carbonyl (C=O) groups excluding carboxylic acids is 3. The number of benzene rings is 2. The van der Waals surface area contributed by atoms with Gasteiger partial charge < -0.3 is 19.7 Å². The summed E-state index contributed by atoms with van der Waals surface area (Å²) in [5, 5.41) is 2.74. The number of hydrogen-bond acceptors (Lipinski definition) is 5. The lowest BCUT2D eigenvalue weighted by Gasteiger charge is -2.21. The summed E-state index contributed by atoms with van der Waals surface area (Å²) in [6.45, 7) is 2.51. The van der Waals surface area contributed by atoms with E-state index in [4.69, 9.17) is 9.47 Å². The number of esters is 1. The molecular weight excluding hydrogens is 396 g/mol. The van der Waals surface area contributed by atoms with Crippen molar-refractivity contribution < 1.29 is 23.9 Å². The first-order valence-electron chi connectivity index (χ1n) is 10.4. The van der Waals surface area contributed by atoms with E-state index in [1.807, 2.05) is 67.6 Å². The largest absolute Gasteiger partial charge is 0.458 e. The van der Waals surface area contributed by atoms with Crippen LogP contribution >= 0.6 is 0 Å². The van der Waals surface area contributed by atoms with Crippen LogP contribution in [0.15, 0.2) is 60.7 Å². The number of ether oxygens (including phenoxy) is 2.